The maximum Gasteiger partial charge on any atom is 0.414 e. The molecule has 0 aromatic rings. The van der Waals surface area contributed by atoms with Crippen molar-refractivity contribution in [1.29, 1.82) is 0 Å². The first-order valence-electron chi connectivity index (χ1n) is 0.901. The Kier molecular flexibility index (Phi) is 1.75. The first-order chi connectivity index (χ1) is 2.27. The van der Waals surface area contributed by atoms with Crippen LogP contribution in [0.3, 0.4) is 0 Å². The lowest BCUT2D eigenvalue weighted by Gasteiger charge is -1.77. The molecule has 0 saturated heterocycles. The van der Waals surface area contributed by atoms with Gasteiger partial charge in [0, 0.05) is 0 Å². The van der Waals surface area contributed by atoms with Crippen LogP contribution in [-0.4, -0.2) is 11.2 Å². The van der Waals surface area contributed by atoms with Gasteiger partial charge in [-0.25, -0.2) is 4.79 Å². The number of carboxylic acid groups (broad SMARTS) is 1. The summed E-state index contributed by atoms with van der Waals surface area (Å²) in [6.07, 6.45) is -1.13. The molecule has 0 heterocycles. The largest absolute Gasteiger partial charge is 0.464 e. The highest BCUT2D eigenvalue weighted by molar-refractivity contribution is 7.78. The van der Waals surface area contributed by atoms with Gasteiger partial charge in [-0.1, -0.05) is 12.8 Å². The third-order valence-electron chi connectivity index (χ3n) is 0.0956. The van der Waals surface area contributed by atoms with Crippen LogP contribution in [0.5, 0.6) is 0 Å². The second kappa shape index (κ2) is 1.90. The van der Waals surface area contributed by atoms with Gasteiger partial charge in [-0.15, -0.1) is 0 Å². The third kappa shape index (κ3) is 3.62. The van der Waals surface area contributed by atoms with E-state index in [-0.39, 0.29) is 0 Å². The van der Waals surface area contributed by atoms with Crippen molar-refractivity contribution < 1.29 is 9.90 Å². The fourth-order valence-corrected chi connectivity index (χ4v) is 0. The minimum Gasteiger partial charge on any atom is -0.464 e. The lowest BCUT2D eigenvalue weighted by atomic mass is 11.3. The molecule has 1 amide bonds. The van der Waals surface area contributed by atoms with Crippen molar-refractivity contribution in [3.63, 3.8) is 0 Å². The molecular formula is CH3NO2S. The van der Waals surface area contributed by atoms with Crippen LogP contribution >= 0.6 is 12.8 Å². The van der Waals surface area contributed by atoms with Crippen molar-refractivity contribution in [1.82, 2.24) is 4.72 Å². The summed E-state index contributed by atoms with van der Waals surface area (Å²) in [6, 6.07) is 0. The molecule has 0 aromatic heterocycles. The summed E-state index contributed by atoms with van der Waals surface area (Å²) in [4.78, 5) is 9.18. The summed E-state index contributed by atoms with van der Waals surface area (Å²) in [5.74, 6) is 0. The second-order valence-electron chi connectivity index (χ2n) is 0.417. The molecule has 0 rings (SSSR count). The Labute approximate surface area is 34.5 Å². The molecule has 0 spiro atoms. The number of carbonyl (C=O) groups is 1. The fraction of sp³-hybridized carbons (Fsp3) is 0. The minimum atomic E-state index is -1.13. The van der Waals surface area contributed by atoms with Crippen LogP contribution in [0.1, 0.15) is 0 Å². The molecule has 0 aliphatic rings. The van der Waals surface area contributed by atoms with Crippen molar-refractivity contribution in [2.45, 2.75) is 0 Å². The molecule has 0 unspecified atom stereocenters. The van der Waals surface area contributed by atoms with E-state index in [4.69, 9.17) is 5.11 Å². The predicted octanol–water partition coefficient (Wildman–Crippen LogP) is 0.0988. The van der Waals surface area contributed by atoms with Gasteiger partial charge in [0.2, 0.25) is 0 Å². The highest BCUT2D eigenvalue weighted by Crippen LogP contribution is 1.57. The van der Waals surface area contributed by atoms with Crippen LogP contribution in [0, 0.1) is 0 Å². The summed E-state index contributed by atoms with van der Waals surface area (Å²) < 4.78 is 1.64. The normalized spacial score (nSPS) is 6.60. The van der Waals surface area contributed by atoms with Crippen LogP contribution < -0.4 is 4.72 Å². The van der Waals surface area contributed by atoms with E-state index in [1.54, 1.807) is 4.72 Å². The van der Waals surface area contributed by atoms with Gasteiger partial charge in [0.1, 0.15) is 0 Å². The van der Waals surface area contributed by atoms with Gasteiger partial charge >= 0.3 is 6.09 Å². The van der Waals surface area contributed by atoms with Crippen LogP contribution in [0.15, 0.2) is 0 Å². The fourth-order valence-electron chi connectivity index (χ4n) is 0. The summed E-state index contributed by atoms with van der Waals surface area (Å²) in [5.41, 5.74) is 0. The molecular weight excluding hydrogens is 90.1 g/mol. The van der Waals surface area contributed by atoms with Crippen LogP contribution in [0.25, 0.3) is 0 Å². The molecule has 5 heavy (non-hydrogen) atoms. The molecule has 2 N–H and O–H groups in total. The number of nitrogens with one attached hydrogen (secondary N) is 1. The number of rotatable bonds is 0. The van der Waals surface area contributed by atoms with Gasteiger partial charge in [0.15, 0.2) is 0 Å². The smallest absolute Gasteiger partial charge is 0.414 e. The quantitative estimate of drug-likeness (QED) is 0.372. The van der Waals surface area contributed by atoms with Gasteiger partial charge in [-0.3, -0.25) is 4.72 Å². The minimum absolute atomic E-state index is 1.13. The van der Waals surface area contributed by atoms with Crippen LogP contribution in [-0.2, 0) is 0 Å². The molecule has 0 radical (unpaired) electrons. The second-order valence-corrected chi connectivity index (χ2v) is 0.641. The number of thiol groups is 1. The Balaban J connectivity index is 2.85. The van der Waals surface area contributed by atoms with E-state index >= 15 is 0 Å². The topological polar surface area (TPSA) is 49.3 Å². The summed E-state index contributed by atoms with van der Waals surface area (Å²) >= 11 is 3.17. The highest BCUT2D eigenvalue weighted by Gasteiger charge is 1.78. The summed E-state index contributed by atoms with van der Waals surface area (Å²) in [5, 5.41) is 7.53. The van der Waals surface area contributed by atoms with Crippen molar-refractivity contribution in [2.24, 2.45) is 0 Å². The molecule has 30 valence electrons. The first kappa shape index (κ1) is 4.62. The maximum absolute atomic E-state index is 9.18. The Bertz CT molecular complexity index is 44.9. The van der Waals surface area contributed by atoms with E-state index in [9.17, 15) is 4.79 Å². The van der Waals surface area contributed by atoms with Crippen molar-refractivity contribution in [2.75, 3.05) is 0 Å². The zero-order valence-electron chi connectivity index (χ0n) is 2.30. The molecule has 4 heteroatoms. The number of amides is 1. The lowest BCUT2D eigenvalue weighted by Crippen LogP contribution is -2.06. The highest BCUT2D eigenvalue weighted by atomic mass is 32.1. The van der Waals surface area contributed by atoms with E-state index in [1.165, 1.54) is 0 Å². The molecule has 0 saturated carbocycles. The Morgan fingerprint density at radius 3 is 2.20 bits per heavy atom. The Morgan fingerprint density at radius 1 is 2.00 bits per heavy atom. The Hall–Kier alpha value is -0.380. The molecule has 3 nitrogen and oxygen atoms in total. The zero-order chi connectivity index (χ0) is 4.28. The molecule has 0 aromatic carbocycles. The summed E-state index contributed by atoms with van der Waals surface area (Å²) in [6.45, 7) is 0. The molecule has 0 fully saturated rings. The number of hydrogen-bond donors (Lipinski definition) is 3. The van der Waals surface area contributed by atoms with E-state index in [1.807, 2.05) is 0 Å². The molecule has 0 bridgehead atoms. The van der Waals surface area contributed by atoms with Gasteiger partial charge in [-0.2, -0.15) is 0 Å². The van der Waals surface area contributed by atoms with Gasteiger partial charge < -0.3 is 5.11 Å². The van der Waals surface area contributed by atoms with Crippen molar-refractivity contribution >= 4 is 18.9 Å². The Morgan fingerprint density at radius 2 is 2.20 bits per heavy atom. The van der Waals surface area contributed by atoms with E-state index in [2.05, 4.69) is 12.8 Å². The zero-order valence-corrected chi connectivity index (χ0v) is 3.20. The van der Waals surface area contributed by atoms with Crippen molar-refractivity contribution in [3.05, 3.63) is 0 Å². The third-order valence-corrected chi connectivity index (χ3v) is 0.287. The van der Waals surface area contributed by atoms with Gasteiger partial charge in [0.05, 0.1) is 0 Å². The molecule has 0 aliphatic heterocycles. The average molecular weight is 93.1 g/mol. The van der Waals surface area contributed by atoms with E-state index in [0.29, 0.717) is 0 Å². The van der Waals surface area contributed by atoms with Crippen molar-refractivity contribution in [3.8, 4) is 0 Å². The summed E-state index contributed by atoms with van der Waals surface area (Å²) in [7, 11) is 0. The molecule has 0 atom stereocenters. The van der Waals surface area contributed by atoms with Crippen LogP contribution in [0.2, 0.25) is 0 Å². The first-order valence-corrected chi connectivity index (χ1v) is 1.35. The lowest BCUT2D eigenvalue weighted by molar-refractivity contribution is 0.202. The van der Waals surface area contributed by atoms with Gasteiger partial charge in [-0.05, 0) is 0 Å². The standard InChI is InChI=1S/CH3NO2S/c3-1(4)2-5/h2,5H,(H,3,4). The monoisotopic (exact) mass is 93.0 g/mol. The van der Waals surface area contributed by atoms with E-state index < -0.39 is 6.09 Å². The SMILES string of the molecule is O=C(O)NS. The maximum atomic E-state index is 9.18. The van der Waals surface area contributed by atoms with Gasteiger partial charge in [0.25, 0.3) is 0 Å². The predicted molar refractivity (Wildman–Crippen MR) is 20.1 cm³/mol. The van der Waals surface area contributed by atoms with Crippen LogP contribution in [0.4, 0.5) is 4.79 Å². The molecule has 0 aliphatic carbocycles. The average Bonchev–Trinajstić information content (AvgIpc) is 1.38. The number of hydrogen-bond acceptors (Lipinski definition) is 2. The van der Waals surface area contributed by atoms with E-state index in [0.717, 1.165) is 0 Å².